The van der Waals surface area contributed by atoms with E-state index in [-0.39, 0.29) is 35.6 Å². The minimum atomic E-state index is -4.47. The molecule has 2 fully saturated rings. The van der Waals surface area contributed by atoms with Crippen LogP contribution in [0.4, 0.5) is 13.2 Å². The molecule has 0 bridgehead atoms. The van der Waals surface area contributed by atoms with Crippen LogP contribution in [0.15, 0.2) is 36.5 Å². The first-order valence-corrected chi connectivity index (χ1v) is 12.1. The Labute approximate surface area is 207 Å². The first-order chi connectivity index (χ1) is 16.5. The number of halogens is 4. The number of nitrogens with one attached hydrogen (secondary N) is 3. The summed E-state index contributed by atoms with van der Waals surface area (Å²) in [4.78, 5) is 28.4. The molecule has 0 spiro atoms. The maximum atomic E-state index is 12.9. The van der Waals surface area contributed by atoms with Gasteiger partial charge in [-0.1, -0.05) is 37.6 Å². The molecule has 188 valence electrons. The van der Waals surface area contributed by atoms with Crippen LogP contribution in [0.2, 0.25) is 5.02 Å². The Morgan fingerprint density at radius 3 is 2.66 bits per heavy atom. The van der Waals surface area contributed by atoms with Crippen molar-refractivity contribution in [2.75, 3.05) is 0 Å². The molecule has 4 rings (SSSR count). The topological polar surface area (TPSA) is 83.1 Å². The molecule has 2 aliphatic rings. The number of carbonyl (C=O) groups excluding carboxylic acids is 2. The molecule has 1 aliphatic heterocycles. The van der Waals surface area contributed by atoms with E-state index in [0.29, 0.717) is 36.4 Å². The predicted molar refractivity (Wildman–Crippen MR) is 125 cm³/mol. The largest absolute Gasteiger partial charge is 0.433 e. The smallest absolute Gasteiger partial charge is 0.352 e. The third kappa shape index (κ3) is 5.78. The molecule has 2 aromatic rings. The zero-order valence-corrected chi connectivity index (χ0v) is 20.2. The molecule has 2 amide bonds. The Morgan fingerprint density at radius 1 is 1.23 bits per heavy atom. The number of amides is 2. The van der Waals surface area contributed by atoms with Gasteiger partial charge in [-0.3, -0.25) is 19.9 Å². The quantitative estimate of drug-likeness (QED) is 0.547. The van der Waals surface area contributed by atoms with Crippen molar-refractivity contribution in [3.8, 4) is 0 Å². The molecular formula is C25H28ClF3N4O2. The summed E-state index contributed by atoms with van der Waals surface area (Å²) >= 11 is 6.46. The van der Waals surface area contributed by atoms with Crippen LogP contribution in [0, 0.1) is 11.8 Å². The van der Waals surface area contributed by atoms with E-state index in [4.69, 9.17) is 11.6 Å². The molecule has 4 atom stereocenters. The second-order valence-corrected chi connectivity index (χ2v) is 9.94. The Bertz CT molecular complexity index is 1090. The average Bonchev–Trinajstić information content (AvgIpc) is 2.82. The van der Waals surface area contributed by atoms with Gasteiger partial charge >= 0.3 is 6.18 Å². The van der Waals surface area contributed by atoms with Crippen LogP contribution < -0.4 is 16.0 Å². The van der Waals surface area contributed by atoms with Gasteiger partial charge in [0.2, 0.25) is 11.8 Å². The van der Waals surface area contributed by atoms with E-state index in [1.54, 1.807) is 6.07 Å². The van der Waals surface area contributed by atoms with Crippen LogP contribution in [0.3, 0.4) is 0 Å². The molecule has 2 heterocycles. The SMILES string of the molecule is CC(C)C(=O)NCc1ccc(Cl)c(C2NC(=O)C3CCC(c4ccc(C(F)(F)F)nc4)CC3N2)c1. The number of fused-ring (bicyclic) bond motifs is 1. The van der Waals surface area contributed by atoms with Crippen molar-refractivity contribution in [1.82, 2.24) is 20.9 Å². The Balaban J connectivity index is 1.48. The molecule has 35 heavy (non-hydrogen) atoms. The van der Waals surface area contributed by atoms with Crippen molar-refractivity contribution in [2.24, 2.45) is 11.8 Å². The van der Waals surface area contributed by atoms with Crippen LogP contribution in [0.1, 0.15) is 67.6 Å². The predicted octanol–water partition coefficient (Wildman–Crippen LogP) is 4.70. The van der Waals surface area contributed by atoms with Crippen LogP contribution in [-0.4, -0.2) is 22.8 Å². The monoisotopic (exact) mass is 508 g/mol. The molecule has 10 heteroatoms. The number of benzene rings is 1. The fourth-order valence-corrected chi connectivity index (χ4v) is 5.00. The highest BCUT2D eigenvalue weighted by molar-refractivity contribution is 6.31. The van der Waals surface area contributed by atoms with Crippen molar-refractivity contribution >= 4 is 23.4 Å². The first kappa shape index (κ1) is 25.4. The molecular weight excluding hydrogens is 481 g/mol. The zero-order valence-electron chi connectivity index (χ0n) is 19.5. The molecule has 6 nitrogen and oxygen atoms in total. The minimum Gasteiger partial charge on any atom is -0.352 e. The van der Waals surface area contributed by atoms with Gasteiger partial charge in [-0.25, -0.2) is 0 Å². The number of nitrogens with zero attached hydrogens (tertiary/aromatic N) is 1. The number of aromatic nitrogens is 1. The summed E-state index contributed by atoms with van der Waals surface area (Å²) in [6.07, 6.45) is -1.78. The number of rotatable bonds is 5. The molecule has 1 aliphatic carbocycles. The lowest BCUT2D eigenvalue weighted by Crippen LogP contribution is -2.58. The summed E-state index contributed by atoms with van der Waals surface area (Å²) < 4.78 is 38.6. The van der Waals surface area contributed by atoms with Crippen molar-refractivity contribution in [1.29, 1.82) is 0 Å². The van der Waals surface area contributed by atoms with Gasteiger partial charge in [0.05, 0.1) is 5.92 Å². The minimum absolute atomic E-state index is 0.00173. The highest BCUT2D eigenvalue weighted by atomic mass is 35.5. The fraction of sp³-hybridized carbons (Fsp3) is 0.480. The number of hydrogen-bond donors (Lipinski definition) is 3. The summed E-state index contributed by atoms with van der Waals surface area (Å²) in [5, 5.41) is 9.85. The lowest BCUT2D eigenvalue weighted by atomic mass is 9.74. The van der Waals surface area contributed by atoms with Crippen molar-refractivity contribution in [2.45, 2.75) is 64.0 Å². The molecule has 1 saturated carbocycles. The number of alkyl halides is 3. The van der Waals surface area contributed by atoms with Gasteiger partial charge in [0.1, 0.15) is 11.9 Å². The van der Waals surface area contributed by atoms with Gasteiger partial charge in [0.25, 0.3) is 0 Å². The standard InChI is InChI=1S/C25H28ClF3N4O2/c1-13(2)23(34)31-11-14-3-7-19(26)18(9-14)22-32-20-10-15(4-6-17(20)24(35)33-22)16-5-8-21(30-12-16)25(27,28)29/h3,5,7-9,12-13,15,17,20,22,32H,4,6,10-11H2,1-2H3,(H,31,34)(H,33,35). The third-order valence-electron chi connectivity index (χ3n) is 6.77. The van der Waals surface area contributed by atoms with Gasteiger partial charge in [-0.2, -0.15) is 13.2 Å². The summed E-state index contributed by atoms with van der Waals surface area (Å²) in [5.74, 6) is -0.482. The van der Waals surface area contributed by atoms with E-state index in [9.17, 15) is 22.8 Å². The molecule has 1 saturated heterocycles. The Morgan fingerprint density at radius 2 is 2.00 bits per heavy atom. The first-order valence-electron chi connectivity index (χ1n) is 11.7. The highest BCUT2D eigenvalue weighted by Crippen LogP contribution is 2.40. The second kappa shape index (κ2) is 10.1. The summed E-state index contributed by atoms with van der Waals surface area (Å²) in [7, 11) is 0. The van der Waals surface area contributed by atoms with Gasteiger partial charge in [-0.05, 0) is 54.5 Å². The normalized spacial score (nSPS) is 24.6. The van der Waals surface area contributed by atoms with Gasteiger partial charge < -0.3 is 10.6 Å². The highest BCUT2D eigenvalue weighted by Gasteiger charge is 2.41. The lowest BCUT2D eigenvalue weighted by Gasteiger charge is -2.43. The molecule has 1 aromatic heterocycles. The van der Waals surface area contributed by atoms with E-state index in [2.05, 4.69) is 20.9 Å². The fourth-order valence-electron chi connectivity index (χ4n) is 4.78. The van der Waals surface area contributed by atoms with Gasteiger partial charge in [0, 0.05) is 35.3 Å². The Hall–Kier alpha value is -2.65. The van der Waals surface area contributed by atoms with E-state index >= 15 is 0 Å². The number of pyridine rings is 1. The Kier molecular flexibility index (Phi) is 7.38. The van der Waals surface area contributed by atoms with E-state index in [0.717, 1.165) is 17.2 Å². The van der Waals surface area contributed by atoms with Crippen molar-refractivity contribution < 1.29 is 22.8 Å². The van der Waals surface area contributed by atoms with E-state index < -0.39 is 18.0 Å². The molecule has 3 N–H and O–H groups in total. The van der Waals surface area contributed by atoms with Gasteiger partial charge in [0.15, 0.2) is 0 Å². The maximum Gasteiger partial charge on any atom is 0.433 e. The maximum absolute atomic E-state index is 12.9. The summed E-state index contributed by atoms with van der Waals surface area (Å²) in [6.45, 7) is 3.98. The van der Waals surface area contributed by atoms with Crippen molar-refractivity contribution in [3.05, 3.63) is 63.9 Å². The van der Waals surface area contributed by atoms with Crippen LogP contribution >= 0.6 is 11.6 Å². The van der Waals surface area contributed by atoms with Gasteiger partial charge in [-0.15, -0.1) is 0 Å². The van der Waals surface area contributed by atoms with Crippen LogP contribution in [-0.2, 0) is 22.3 Å². The third-order valence-corrected chi connectivity index (χ3v) is 7.11. The molecule has 1 aromatic carbocycles. The lowest BCUT2D eigenvalue weighted by molar-refractivity contribution is -0.141. The van der Waals surface area contributed by atoms with Crippen molar-refractivity contribution in [3.63, 3.8) is 0 Å². The molecule has 4 unspecified atom stereocenters. The molecule has 0 radical (unpaired) electrons. The number of carbonyl (C=O) groups is 2. The van der Waals surface area contributed by atoms with E-state index in [1.807, 2.05) is 26.0 Å². The van der Waals surface area contributed by atoms with E-state index in [1.165, 1.54) is 12.3 Å². The average molecular weight is 509 g/mol. The van der Waals surface area contributed by atoms with Crippen LogP contribution in [0.25, 0.3) is 0 Å². The summed E-state index contributed by atoms with van der Waals surface area (Å²) in [6, 6.07) is 7.76. The van der Waals surface area contributed by atoms with Crippen LogP contribution in [0.5, 0.6) is 0 Å². The second-order valence-electron chi connectivity index (χ2n) is 9.53. The summed E-state index contributed by atoms with van der Waals surface area (Å²) in [5.41, 5.74) is 1.38. The number of hydrogen-bond acceptors (Lipinski definition) is 4. The zero-order chi connectivity index (χ0) is 25.3.